The average molecular weight is 338 g/mol. The van der Waals surface area contributed by atoms with Crippen LogP contribution in [0.2, 0.25) is 0 Å². The molecule has 2 rings (SSSR count). The molecule has 0 aromatic rings. The molecule has 0 bridgehead atoms. The van der Waals surface area contributed by atoms with Gasteiger partial charge in [-0.2, -0.15) is 0 Å². The van der Waals surface area contributed by atoms with Gasteiger partial charge in [0.05, 0.1) is 13.2 Å². The van der Waals surface area contributed by atoms with Gasteiger partial charge in [0.2, 0.25) is 0 Å². The largest absolute Gasteiger partial charge is 0.469 e. The normalized spacial score (nSPS) is 30.5. The van der Waals surface area contributed by atoms with E-state index in [1.54, 1.807) is 0 Å². The number of hydrogen-bond donors (Lipinski definition) is 0. The van der Waals surface area contributed by atoms with Crippen molar-refractivity contribution in [3.63, 3.8) is 0 Å². The Labute approximate surface area is 144 Å². The van der Waals surface area contributed by atoms with Gasteiger partial charge in [0.1, 0.15) is 6.29 Å². The number of aldehydes is 1. The van der Waals surface area contributed by atoms with Gasteiger partial charge in [-0.3, -0.25) is 4.79 Å². The maximum absolute atomic E-state index is 11.3. The van der Waals surface area contributed by atoms with E-state index in [0.29, 0.717) is 12.3 Å². The summed E-state index contributed by atoms with van der Waals surface area (Å²) in [6.45, 7) is 0.762. The second-order valence-corrected chi connectivity index (χ2v) is 6.75. The zero-order chi connectivity index (χ0) is 17.2. The molecular weight excluding hydrogens is 308 g/mol. The quantitative estimate of drug-likeness (QED) is 0.279. The SMILES string of the molecule is COC(=O)CCCC/C=C\C1CC(C=O)C(OC2CCCCO2)C1. The summed E-state index contributed by atoms with van der Waals surface area (Å²) in [5, 5.41) is 0. The van der Waals surface area contributed by atoms with Crippen LogP contribution in [0.15, 0.2) is 12.2 Å². The van der Waals surface area contributed by atoms with Crippen LogP contribution in [0.25, 0.3) is 0 Å². The van der Waals surface area contributed by atoms with Crippen LogP contribution < -0.4 is 0 Å². The van der Waals surface area contributed by atoms with Crippen molar-refractivity contribution in [2.45, 2.75) is 70.2 Å². The van der Waals surface area contributed by atoms with E-state index in [4.69, 9.17) is 9.47 Å². The van der Waals surface area contributed by atoms with Crippen LogP contribution in [0.3, 0.4) is 0 Å². The summed E-state index contributed by atoms with van der Waals surface area (Å²) in [4.78, 5) is 22.3. The number of esters is 1. The van der Waals surface area contributed by atoms with Gasteiger partial charge >= 0.3 is 5.97 Å². The molecule has 136 valence electrons. The van der Waals surface area contributed by atoms with Crippen LogP contribution in [0.5, 0.6) is 0 Å². The number of methoxy groups -OCH3 is 1. The number of carbonyl (C=O) groups is 2. The van der Waals surface area contributed by atoms with Gasteiger partial charge in [-0.25, -0.2) is 0 Å². The van der Waals surface area contributed by atoms with Crippen molar-refractivity contribution in [3.05, 3.63) is 12.2 Å². The highest BCUT2D eigenvalue weighted by Crippen LogP contribution is 2.35. The predicted molar refractivity (Wildman–Crippen MR) is 90.4 cm³/mol. The first-order valence-electron chi connectivity index (χ1n) is 9.18. The fraction of sp³-hybridized carbons (Fsp3) is 0.789. The molecule has 0 radical (unpaired) electrons. The van der Waals surface area contributed by atoms with Gasteiger partial charge in [0.15, 0.2) is 6.29 Å². The van der Waals surface area contributed by atoms with E-state index in [2.05, 4.69) is 16.9 Å². The lowest BCUT2D eigenvalue weighted by molar-refractivity contribution is -0.193. The third kappa shape index (κ3) is 6.36. The van der Waals surface area contributed by atoms with Crippen LogP contribution in [-0.4, -0.2) is 38.4 Å². The second kappa shape index (κ2) is 10.6. The third-order valence-corrected chi connectivity index (χ3v) is 4.86. The van der Waals surface area contributed by atoms with Crippen molar-refractivity contribution in [1.82, 2.24) is 0 Å². The number of hydrogen-bond acceptors (Lipinski definition) is 5. The van der Waals surface area contributed by atoms with E-state index in [1.807, 2.05) is 0 Å². The van der Waals surface area contributed by atoms with E-state index >= 15 is 0 Å². The van der Waals surface area contributed by atoms with Crippen LogP contribution in [-0.2, 0) is 23.8 Å². The van der Waals surface area contributed by atoms with Crippen molar-refractivity contribution in [1.29, 1.82) is 0 Å². The topological polar surface area (TPSA) is 61.8 Å². The first-order valence-corrected chi connectivity index (χ1v) is 9.18. The predicted octanol–water partition coefficient (Wildman–Crippen LogP) is 3.41. The lowest BCUT2D eigenvalue weighted by atomic mass is 10.0. The Bertz CT molecular complexity index is 414. The molecule has 4 unspecified atom stereocenters. The maximum Gasteiger partial charge on any atom is 0.305 e. The van der Waals surface area contributed by atoms with Crippen LogP contribution >= 0.6 is 0 Å². The lowest BCUT2D eigenvalue weighted by Crippen LogP contribution is -2.30. The molecule has 24 heavy (non-hydrogen) atoms. The van der Waals surface area contributed by atoms with Crippen molar-refractivity contribution >= 4 is 12.3 Å². The monoisotopic (exact) mass is 338 g/mol. The number of ether oxygens (including phenoxy) is 3. The van der Waals surface area contributed by atoms with Gasteiger partial charge < -0.3 is 19.0 Å². The van der Waals surface area contributed by atoms with Crippen molar-refractivity contribution in [2.24, 2.45) is 11.8 Å². The van der Waals surface area contributed by atoms with E-state index < -0.39 is 0 Å². The Morgan fingerprint density at radius 3 is 2.83 bits per heavy atom. The molecule has 2 aliphatic rings. The smallest absolute Gasteiger partial charge is 0.305 e. The number of rotatable bonds is 9. The summed E-state index contributed by atoms with van der Waals surface area (Å²) in [5.74, 6) is 0.229. The summed E-state index contributed by atoms with van der Waals surface area (Å²) in [6.07, 6.45) is 13.5. The highest BCUT2D eigenvalue weighted by atomic mass is 16.7. The average Bonchev–Trinajstić information content (AvgIpc) is 3.00. The Balaban J connectivity index is 1.67. The molecule has 5 nitrogen and oxygen atoms in total. The summed E-state index contributed by atoms with van der Waals surface area (Å²) in [5.41, 5.74) is 0. The van der Waals surface area contributed by atoms with Crippen molar-refractivity contribution in [2.75, 3.05) is 13.7 Å². The Morgan fingerprint density at radius 2 is 2.12 bits per heavy atom. The molecule has 1 aliphatic carbocycles. The first-order chi connectivity index (χ1) is 11.7. The Kier molecular flexibility index (Phi) is 8.47. The van der Waals surface area contributed by atoms with Crippen LogP contribution in [0.4, 0.5) is 0 Å². The summed E-state index contributed by atoms with van der Waals surface area (Å²) >= 11 is 0. The highest BCUT2D eigenvalue weighted by Gasteiger charge is 2.35. The van der Waals surface area contributed by atoms with Gasteiger partial charge in [-0.15, -0.1) is 0 Å². The Hall–Kier alpha value is -1.20. The zero-order valence-corrected chi connectivity index (χ0v) is 14.7. The first kappa shape index (κ1) is 19.1. The molecule has 4 atom stereocenters. The molecule has 1 aliphatic heterocycles. The molecule has 0 aromatic heterocycles. The lowest BCUT2D eigenvalue weighted by Gasteiger charge is -2.27. The fourth-order valence-corrected chi connectivity index (χ4v) is 3.46. The number of carbonyl (C=O) groups excluding carboxylic acids is 2. The van der Waals surface area contributed by atoms with E-state index in [9.17, 15) is 9.59 Å². The molecule has 0 amide bonds. The minimum absolute atomic E-state index is 0.0143. The third-order valence-electron chi connectivity index (χ3n) is 4.86. The summed E-state index contributed by atoms with van der Waals surface area (Å²) in [6, 6.07) is 0. The van der Waals surface area contributed by atoms with E-state index in [-0.39, 0.29) is 24.3 Å². The van der Waals surface area contributed by atoms with E-state index in [0.717, 1.165) is 64.3 Å². The van der Waals surface area contributed by atoms with Crippen molar-refractivity contribution in [3.8, 4) is 0 Å². The van der Waals surface area contributed by atoms with Crippen LogP contribution in [0, 0.1) is 11.8 Å². The van der Waals surface area contributed by atoms with Gasteiger partial charge in [-0.05, 0) is 57.3 Å². The molecule has 2 fully saturated rings. The maximum atomic E-state index is 11.3. The van der Waals surface area contributed by atoms with Gasteiger partial charge in [-0.1, -0.05) is 12.2 Å². The molecular formula is C19H30O5. The fourth-order valence-electron chi connectivity index (χ4n) is 3.46. The summed E-state index contributed by atoms with van der Waals surface area (Å²) in [7, 11) is 1.42. The molecule has 1 heterocycles. The zero-order valence-electron chi connectivity index (χ0n) is 14.7. The molecule has 0 N–H and O–H groups in total. The minimum Gasteiger partial charge on any atom is -0.469 e. The van der Waals surface area contributed by atoms with E-state index in [1.165, 1.54) is 7.11 Å². The van der Waals surface area contributed by atoms with Crippen LogP contribution in [0.1, 0.15) is 57.8 Å². The van der Waals surface area contributed by atoms with Gasteiger partial charge in [0, 0.05) is 18.9 Å². The minimum atomic E-state index is -0.145. The molecule has 0 aromatic carbocycles. The number of unbranched alkanes of at least 4 members (excludes halogenated alkanes) is 2. The Morgan fingerprint density at radius 1 is 1.25 bits per heavy atom. The van der Waals surface area contributed by atoms with Crippen molar-refractivity contribution < 1.29 is 23.8 Å². The standard InChI is InChI=1S/C19H30O5/c1-22-18(21)9-5-3-2-4-8-15-12-16(14-20)17(13-15)24-19-10-6-7-11-23-19/h4,8,14-17,19H,2-3,5-7,9-13H2,1H3/b8-4-. The number of allylic oxidation sites excluding steroid dienone is 2. The second-order valence-electron chi connectivity index (χ2n) is 6.75. The highest BCUT2D eigenvalue weighted by molar-refractivity contribution is 5.68. The molecule has 1 saturated carbocycles. The molecule has 1 saturated heterocycles. The van der Waals surface area contributed by atoms with Gasteiger partial charge in [0.25, 0.3) is 0 Å². The molecule has 5 heteroatoms. The summed E-state index contributed by atoms with van der Waals surface area (Å²) < 4.78 is 16.3. The molecule has 0 spiro atoms.